The Balaban J connectivity index is 3.23. The predicted octanol–water partition coefficient (Wildman–Crippen LogP) is 3.66. The molecule has 1 aromatic heterocycles. The third-order valence-electron chi connectivity index (χ3n) is 1.97. The zero-order chi connectivity index (χ0) is 12.9. The summed E-state index contributed by atoms with van der Waals surface area (Å²) in [7, 11) is -4.15. The molecule has 0 saturated heterocycles. The van der Waals surface area contributed by atoms with Crippen LogP contribution in [0.4, 0.5) is 4.39 Å². The van der Waals surface area contributed by atoms with Gasteiger partial charge in [-0.05, 0) is 25.3 Å². The predicted molar refractivity (Wildman–Crippen MR) is 63.6 cm³/mol. The zero-order valence-electron chi connectivity index (χ0n) is 9.55. The first-order valence-corrected chi connectivity index (χ1v) is 7.49. The highest BCUT2D eigenvalue weighted by Gasteiger charge is 2.55. The van der Waals surface area contributed by atoms with Gasteiger partial charge in [-0.2, -0.15) is 5.26 Å². The molecule has 1 rings (SSSR count). The molecule has 0 aromatic carbocycles. The number of halogens is 1. The maximum absolute atomic E-state index is 14.6. The second kappa shape index (κ2) is 5.74. The van der Waals surface area contributed by atoms with Crippen molar-refractivity contribution in [1.82, 2.24) is 0 Å². The van der Waals surface area contributed by atoms with Crippen LogP contribution < -0.4 is 0 Å². The van der Waals surface area contributed by atoms with Gasteiger partial charge in [0.2, 0.25) is 0 Å². The molecule has 4 nitrogen and oxygen atoms in total. The highest BCUT2D eigenvalue weighted by molar-refractivity contribution is 7.55. The maximum Gasteiger partial charge on any atom is 0.387 e. The quantitative estimate of drug-likeness (QED) is 0.744. The smallest absolute Gasteiger partial charge is 0.306 e. The second-order valence-corrected chi connectivity index (χ2v) is 6.12. The van der Waals surface area contributed by atoms with Gasteiger partial charge in [0.25, 0.3) is 0 Å². The lowest BCUT2D eigenvalue weighted by atomic mass is 10.3. The largest absolute Gasteiger partial charge is 0.387 e. The SMILES string of the molecule is CCOP(=O)(OCC)C(F)(C#N)c1cccs1. The number of hydrogen-bond acceptors (Lipinski definition) is 5. The molecule has 0 spiro atoms. The molecule has 0 aliphatic heterocycles. The first-order chi connectivity index (χ1) is 8.04. The molecule has 7 heteroatoms. The Morgan fingerprint density at radius 3 is 2.47 bits per heavy atom. The van der Waals surface area contributed by atoms with E-state index in [1.165, 1.54) is 12.1 Å². The molecule has 0 fully saturated rings. The summed E-state index contributed by atoms with van der Waals surface area (Å²) in [5.41, 5.74) is 0. The minimum Gasteiger partial charge on any atom is -0.306 e. The summed E-state index contributed by atoms with van der Waals surface area (Å²) < 4.78 is 36.8. The van der Waals surface area contributed by atoms with E-state index in [-0.39, 0.29) is 18.1 Å². The number of nitriles is 1. The molecule has 17 heavy (non-hydrogen) atoms. The van der Waals surface area contributed by atoms with Gasteiger partial charge in [-0.25, -0.2) is 4.39 Å². The molecule has 0 radical (unpaired) electrons. The van der Waals surface area contributed by atoms with Gasteiger partial charge >= 0.3 is 13.0 Å². The van der Waals surface area contributed by atoms with Crippen molar-refractivity contribution in [2.75, 3.05) is 13.2 Å². The van der Waals surface area contributed by atoms with Gasteiger partial charge in [-0.3, -0.25) is 4.57 Å². The summed E-state index contributed by atoms with van der Waals surface area (Å²) in [6, 6.07) is 4.40. The van der Waals surface area contributed by atoms with Crippen molar-refractivity contribution in [1.29, 1.82) is 5.26 Å². The Labute approximate surface area is 104 Å². The van der Waals surface area contributed by atoms with Crippen LogP contribution in [0.3, 0.4) is 0 Å². The fourth-order valence-electron chi connectivity index (χ4n) is 1.27. The Hall–Kier alpha value is -0.730. The van der Waals surface area contributed by atoms with Crippen molar-refractivity contribution in [2.24, 2.45) is 0 Å². The summed E-state index contributed by atoms with van der Waals surface area (Å²) in [4.78, 5) is 0.0326. The number of rotatable bonds is 6. The molecular formula is C10H13FNO3PS. The van der Waals surface area contributed by atoms with Crippen LogP contribution >= 0.6 is 18.9 Å². The number of hydrogen-bond donors (Lipinski definition) is 0. The summed E-state index contributed by atoms with van der Waals surface area (Å²) >= 11 is 1.00. The summed E-state index contributed by atoms with van der Waals surface area (Å²) in [5.74, 6) is 0. The van der Waals surface area contributed by atoms with Gasteiger partial charge < -0.3 is 9.05 Å². The van der Waals surface area contributed by atoms with Crippen LogP contribution in [0.5, 0.6) is 0 Å². The van der Waals surface area contributed by atoms with Gasteiger partial charge in [0.1, 0.15) is 6.07 Å². The van der Waals surface area contributed by atoms with Crippen molar-refractivity contribution in [3.63, 3.8) is 0 Å². The van der Waals surface area contributed by atoms with Crippen LogP contribution in [0.1, 0.15) is 18.7 Å². The molecule has 0 bridgehead atoms. The van der Waals surface area contributed by atoms with E-state index in [1.807, 2.05) is 0 Å². The number of nitrogens with zero attached hydrogens (tertiary/aromatic N) is 1. The average molecular weight is 277 g/mol. The fraction of sp³-hybridized carbons (Fsp3) is 0.500. The van der Waals surface area contributed by atoms with E-state index < -0.39 is 13.0 Å². The summed E-state index contributed by atoms with van der Waals surface area (Å²) in [6.45, 7) is 3.15. The first-order valence-electron chi connectivity index (χ1n) is 5.07. The van der Waals surface area contributed by atoms with Crippen LogP contribution in [0.15, 0.2) is 17.5 Å². The van der Waals surface area contributed by atoms with Crippen LogP contribution in [-0.2, 0) is 19.0 Å². The molecule has 1 atom stereocenters. The van der Waals surface area contributed by atoms with Crippen LogP contribution in [0, 0.1) is 11.3 Å². The lowest BCUT2D eigenvalue weighted by Crippen LogP contribution is -2.20. The Morgan fingerprint density at radius 2 is 2.12 bits per heavy atom. The van der Waals surface area contributed by atoms with E-state index in [0.717, 1.165) is 11.3 Å². The summed E-state index contributed by atoms with van der Waals surface area (Å²) in [6.07, 6.45) is 0. The number of thiophene rings is 1. The van der Waals surface area contributed by atoms with Gasteiger partial charge in [-0.1, -0.05) is 6.07 Å². The fourth-order valence-corrected chi connectivity index (χ4v) is 4.01. The van der Waals surface area contributed by atoms with E-state index in [4.69, 9.17) is 14.3 Å². The minimum atomic E-state index is -4.15. The van der Waals surface area contributed by atoms with Crippen molar-refractivity contribution >= 4 is 18.9 Å². The van der Waals surface area contributed by atoms with Gasteiger partial charge in [0, 0.05) is 0 Å². The minimum absolute atomic E-state index is 0.00992. The standard InChI is InChI=1S/C10H13FNO3PS/c1-3-14-16(13,15-4-2)10(11,8-12)9-6-5-7-17-9/h5-7H,3-4H2,1-2H3. The Morgan fingerprint density at radius 1 is 1.53 bits per heavy atom. The van der Waals surface area contributed by atoms with Gasteiger partial charge in [-0.15, -0.1) is 11.3 Å². The lowest BCUT2D eigenvalue weighted by Gasteiger charge is -2.25. The Bertz CT molecular complexity index is 435. The van der Waals surface area contributed by atoms with Crippen molar-refractivity contribution in [3.8, 4) is 6.07 Å². The third kappa shape index (κ3) is 2.58. The van der Waals surface area contributed by atoms with Crippen LogP contribution in [0.25, 0.3) is 0 Å². The normalized spacial score (nSPS) is 15.2. The molecule has 0 saturated carbocycles. The second-order valence-electron chi connectivity index (χ2n) is 3.04. The molecule has 0 amide bonds. The molecule has 0 aliphatic rings. The molecule has 1 aromatic rings. The topological polar surface area (TPSA) is 59.3 Å². The van der Waals surface area contributed by atoms with Crippen molar-refractivity contribution in [3.05, 3.63) is 22.4 Å². The average Bonchev–Trinajstić information content (AvgIpc) is 2.82. The van der Waals surface area contributed by atoms with E-state index >= 15 is 0 Å². The van der Waals surface area contributed by atoms with Gasteiger partial charge in [0.05, 0.1) is 18.1 Å². The van der Waals surface area contributed by atoms with Crippen LogP contribution in [-0.4, -0.2) is 13.2 Å². The zero-order valence-corrected chi connectivity index (χ0v) is 11.3. The first kappa shape index (κ1) is 14.3. The number of alkyl halides is 1. The van der Waals surface area contributed by atoms with Crippen molar-refractivity contribution in [2.45, 2.75) is 19.3 Å². The third-order valence-corrected chi connectivity index (χ3v) is 5.38. The molecule has 0 aliphatic carbocycles. The molecule has 1 heterocycles. The highest BCUT2D eigenvalue weighted by atomic mass is 32.1. The summed E-state index contributed by atoms with van der Waals surface area (Å²) in [5, 5.41) is 7.85. The van der Waals surface area contributed by atoms with Gasteiger partial charge in [0.15, 0.2) is 0 Å². The van der Waals surface area contributed by atoms with E-state index in [9.17, 15) is 8.96 Å². The molecular weight excluding hydrogens is 264 g/mol. The van der Waals surface area contributed by atoms with Crippen LogP contribution in [0.2, 0.25) is 0 Å². The molecule has 0 N–H and O–H groups in total. The molecule has 1 unspecified atom stereocenters. The van der Waals surface area contributed by atoms with E-state index in [2.05, 4.69) is 0 Å². The lowest BCUT2D eigenvalue weighted by molar-refractivity contribution is 0.169. The highest BCUT2D eigenvalue weighted by Crippen LogP contribution is 2.66. The Kier molecular flexibility index (Phi) is 4.84. The molecule has 94 valence electrons. The van der Waals surface area contributed by atoms with Crippen molar-refractivity contribution < 1.29 is 18.0 Å². The van der Waals surface area contributed by atoms with E-state index in [1.54, 1.807) is 25.3 Å². The monoisotopic (exact) mass is 277 g/mol. The van der Waals surface area contributed by atoms with E-state index in [0.29, 0.717) is 0 Å². The maximum atomic E-state index is 14.6.